The third-order valence-electron chi connectivity index (χ3n) is 4.74. The van der Waals surface area contributed by atoms with Crippen molar-refractivity contribution in [3.8, 4) is 0 Å². The lowest BCUT2D eigenvalue weighted by Gasteiger charge is -2.36. The molecule has 2 aromatic rings. The molecular weight excluding hydrogens is 523 g/mol. The van der Waals surface area contributed by atoms with Crippen LogP contribution in [0.25, 0.3) is 0 Å². The number of hydrogen-bond acceptors (Lipinski definition) is 4. The van der Waals surface area contributed by atoms with Crippen LogP contribution in [0, 0.1) is 0 Å². The molecule has 1 fully saturated rings. The Labute approximate surface area is 194 Å². The first-order valence-corrected chi connectivity index (χ1v) is 11.6. The van der Waals surface area contributed by atoms with Gasteiger partial charge in [0.25, 0.3) is 0 Å². The zero-order chi connectivity index (χ0) is 20.1. The summed E-state index contributed by atoms with van der Waals surface area (Å²) in [6.45, 7) is 3.63. The van der Waals surface area contributed by atoms with E-state index in [-0.39, 0.29) is 29.7 Å². The molecule has 0 atom stereocenters. The lowest BCUT2D eigenvalue weighted by Crippen LogP contribution is -2.51. The molecule has 0 amide bonds. The number of nitrogens with zero attached hydrogens (tertiary/aromatic N) is 3. The topological polar surface area (TPSA) is 79.0 Å². The van der Waals surface area contributed by atoms with Gasteiger partial charge < -0.3 is 15.5 Å². The van der Waals surface area contributed by atoms with E-state index in [1.165, 1.54) is 6.26 Å². The molecule has 6 nitrogen and oxygen atoms in total. The zero-order valence-electron chi connectivity index (χ0n) is 16.3. The van der Waals surface area contributed by atoms with Gasteiger partial charge in [-0.25, -0.2) is 13.4 Å². The standard InChI is InChI=1S/C20H25ClN4O2S.HI/c1-28(26,27)15-17-5-3-2-4-16(17)14-23-20(22)25-12-10-24(11-13-25)19-8-6-18(21)7-9-19;/h2-9H,10-15H2,1H3,(H2,22,23);1H. The summed E-state index contributed by atoms with van der Waals surface area (Å²) in [6, 6.07) is 15.3. The molecule has 2 aromatic carbocycles. The van der Waals surface area contributed by atoms with Crippen LogP contribution in [0.5, 0.6) is 0 Å². The fourth-order valence-electron chi connectivity index (χ4n) is 3.25. The first-order chi connectivity index (χ1) is 13.3. The SMILES string of the molecule is CS(=O)(=O)Cc1ccccc1CN=C(N)N1CCN(c2ccc(Cl)cc2)CC1.I. The van der Waals surface area contributed by atoms with Crippen LogP contribution in [0.1, 0.15) is 11.1 Å². The maximum Gasteiger partial charge on any atom is 0.191 e. The van der Waals surface area contributed by atoms with Gasteiger partial charge >= 0.3 is 0 Å². The van der Waals surface area contributed by atoms with Gasteiger partial charge in [-0.1, -0.05) is 35.9 Å². The van der Waals surface area contributed by atoms with Gasteiger partial charge in [-0.3, -0.25) is 0 Å². The highest BCUT2D eigenvalue weighted by Crippen LogP contribution is 2.19. The Balaban J connectivity index is 0.00000300. The quantitative estimate of drug-likeness (QED) is 0.353. The van der Waals surface area contributed by atoms with Crippen LogP contribution in [0.4, 0.5) is 5.69 Å². The third kappa shape index (κ3) is 7.04. The summed E-state index contributed by atoms with van der Waals surface area (Å²) in [5, 5.41) is 0.731. The summed E-state index contributed by atoms with van der Waals surface area (Å²) in [5.74, 6) is 0.503. The minimum absolute atomic E-state index is 0. The number of rotatable bonds is 5. The molecular formula is C20H26ClIN4O2S. The molecule has 0 bridgehead atoms. The Morgan fingerprint density at radius 1 is 1.03 bits per heavy atom. The van der Waals surface area contributed by atoms with Gasteiger partial charge in [-0.05, 0) is 35.4 Å². The van der Waals surface area contributed by atoms with E-state index >= 15 is 0 Å². The van der Waals surface area contributed by atoms with Crippen molar-refractivity contribution < 1.29 is 8.42 Å². The highest BCUT2D eigenvalue weighted by atomic mass is 127. The monoisotopic (exact) mass is 548 g/mol. The van der Waals surface area contributed by atoms with Crippen molar-refractivity contribution in [2.75, 3.05) is 37.3 Å². The molecule has 0 radical (unpaired) electrons. The molecule has 158 valence electrons. The number of sulfone groups is 1. The second-order valence-electron chi connectivity index (χ2n) is 6.96. The Hall–Kier alpha value is -1.52. The van der Waals surface area contributed by atoms with Crippen molar-refractivity contribution in [3.63, 3.8) is 0 Å². The van der Waals surface area contributed by atoms with Crippen LogP contribution in [0.15, 0.2) is 53.5 Å². The molecule has 1 aliphatic heterocycles. The summed E-state index contributed by atoms with van der Waals surface area (Å²) < 4.78 is 23.2. The van der Waals surface area contributed by atoms with Gasteiger partial charge in [0.1, 0.15) is 0 Å². The molecule has 1 aliphatic rings. The number of piperazine rings is 1. The first kappa shape index (κ1) is 23.8. The highest BCUT2D eigenvalue weighted by molar-refractivity contribution is 14.0. The minimum atomic E-state index is -3.10. The third-order valence-corrected chi connectivity index (χ3v) is 5.83. The minimum Gasteiger partial charge on any atom is -0.370 e. The van der Waals surface area contributed by atoms with E-state index in [0.717, 1.165) is 48.0 Å². The van der Waals surface area contributed by atoms with E-state index in [4.69, 9.17) is 17.3 Å². The number of halogens is 2. The smallest absolute Gasteiger partial charge is 0.191 e. The van der Waals surface area contributed by atoms with E-state index < -0.39 is 9.84 Å². The number of guanidine groups is 1. The fraction of sp³-hybridized carbons (Fsp3) is 0.350. The van der Waals surface area contributed by atoms with E-state index in [2.05, 4.69) is 14.8 Å². The van der Waals surface area contributed by atoms with Crippen LogP contribution in [0.3, 0.4) is 0 Å². The van der Waals surface area contributed by atoms with Crippen molar-refractivity contribution in [1.82, 2.24) is 4.90 Å². The number of hydrogen-bond donors (Lipinski definition) is 1. The Morgan fingerprint density at radius 2 is 1.62 bits per heavy atom. The Morgan fingerprint density at radius 3 is 2.21 bits per heavy atom. The van der Waals surface area contributed by atoms with Crippen LogP contribution < -0.4 is 10.6 Å². The van der Waals surface area contributed by atoms with Crippen molar-refractivity contribution in [2.24, 2.45) is 10.7 Å². The van der Waals surface area contributed by atoms with Gasteiger partial charge in [0.15, 0.2) is 15.8 Å². The summed E-state index contributed by atoms with van der Waals surface area (Å²) in [5.41, 5.74) is 9.00. The summed E-state index contributed by atoms with van der Waals surface area (Å²) in [6.07, 6.45) is 1.24. The molecule has 0 saturated carbocycles. The summed E-state index contributed by atoms with van der Waals surface area (Å²) in [4.78, 5) is 8.86. The van der Waals surface area contributed by atoms with Gasteiger partial charge in [0.2, 0.25) is 0 Å². The molecule has 1 heterocycles. The molecule has 0 aromatic heterocycles. The van der Waals surface area contributed by atoms with Crippen LogP contribution >= 0.6 is 35.6 Å². The zero-order valence-corrected chi connectivity index (χ0v) is 20.2. The second-order valence-corrected chi connectivity index (χ2v) is 9.54. The van der Waals surface area contributed by atoms with Gasteiger partial charge in [0.05, 0.1) is 12.3 Å². The van der Waals surface area contributed by atoms with E-state index in [1.807, 2.05) is 48.5 Å². The van der Waals surface area contributed by atoms with Crippen LogP contribution in [-0.4, -0.2) is 51.7 Å². The number of aliphatic imine (C=N–C) groups is 1. The highest BCUT2D eigenvalue weighted by Gasteiger charge is 2.18. The van der Waals surface area contributed by atoms with Gasteiger partial charge in [-0.2, -0.15) is 0 Å². The average molecular weight is 549 g/mol. The lowest BCUT2D eigenvalue weighted by atomic mass is 10.1. The normalized spacial score (nSPS) is 15.2. The number of nitrogens with two attached hydrogens (primary N) is 1. The number of benzene rings is 2. The Kier molecular flexibility index (Phi) is 8.59. The summed E-state index contributed by atoms with van der Waals surface area (Å²) in [7, 11) is -3.10. The molecule has 0 unspecified atom stereocenters. The van der Waals surface area contributed by atoms with Crippen molar-refractivity contribution in [1.29, 1.82) is 0 Å². The maximum absolute atomic E-state index is 11.6. The largest absolute Gasteiger partial charge is 0.370 e. The van der Waals surface area contributed by atoms with Gasteiger partial charge in [0, 0.05) is 43.1 Å². The molecule has 1 saturated heterocycles. The molecule has 2 N–H and O–H groups in total. The van der Waals surface area contributed by atoms with Crippen molar-refractivity contribution in [2.45, 2.75) is 12.3 Å². The van der Waals surface area contributed by atoms with Crippen LogP contribution in [0.2, 0.25) is 5.02 Å². The predicted molar refractivity (Wildman–Crippen MR) is 131 cm³/mol. The van der Waals surface area contributed by atoms with Crippen molar-refractivity contribution in [3.05, 3.63) is 64.7 Å². The lowest BCUT2D eigenvalue weighted by molar-refractivity contribution is 0.380. The van der Waals surface area contributed by atoms with Gasteiger partial charge in [-0.15, -0.1) is 24.0 Å². The number of anilines is 1. The maximum atomic E-state index is 11.6. The average Bonchev–Trinajstić information content (AvgIpc) is 2.67. The second kappa shape index (κ2) is 10.5. The summed E-state index contributed by atoms with van der Waals surface area (Å²) >= 11 is 5.95. The first-order valence-electron chi connectivity index (χ1n) is 9.12. The van der Waals surface area contributed by atoms with E-state index in [1.54, 1.807) is 0 Å². The molecule has 0 spiro atoms. The van der Waals surface area contributed by atoms with E-state index in [0.29, 0.717) is 12.5 Å². The molecule has 29 heavy (non-hydrogen) atoms. The fourth-order valence-corrected chi connectivity index (χ4v) is 4.22. The Bertz CT molecular complexity index is 943. The molecule has 3 rings (SSSR count). The van der Waals surface area contributed by atoms with E-state index in [9.17, 15) is 8.42 Å². The van der Waals surface area contributed by atoms with Crippen molar-refractivity contribution >= 4 is 57.1 Å². The van der Waals surface area contributed by atoms with Crippen LogP contribution in [-0.2, 0) is 22.1 Å². The predicted octanol–water partition coefficient (Wildman–Crippen LogP) is 3.14. The molecule has 0 aliphatic carbocycles. The molecule has 9 heteroatoms.